The summed E-state index contributed by atoms with van der Waals surface area (Å²) in [6.45, 7) is 3.97. The second kappa shape index (κ2) is 7.93. The molecule has 164 valence electrons. The van der Waals surface area contributed by atoms with Crippen molar-refractivity contribution in [2.45, 2.75) is 24.8 Å². The summed E-state index contributed by atoms with van der Waals surface area (Å²) < 4.78 is 46.5. The third-order valence-electron chi connectivity index (χ3n) is 5.44. The molecular formula is C21H22FN3O5S. The van der Waals surface area contributed by atoms with Crippen LogP contribution in [-0.4, -0.2) is 61.7 Å². The fourth-order valence-electron chi connectivity index (χ4n) is 3.67. The first-order valence-electron chi connectivity index (χ1n) is 9.84. The third-order valence-corrected chi connectivity index (χ3v) is 7.48. The maximum absolute atomic E-state index is 13.3. The Balaban J connectivity index is 1.51. The van der Waals surface area contributed by atoms with E-state index >= 15 is 0 Å². The number of sulfonamides is 1. The number of piperazine rings is 1. The van der Waals surface area contributed by atoms with Crippen molar-refractivity contribution >= 4 is 27.5 Å². The quantitative estimate of drug-likeness (QED) is 0.777. The standard InChI is InChI=1S/C21H22FN3O5S/c1-13-11-17-18(30-14(2)20(26)23-17)12-19(13)31(28,29)25-9-7-24(8-10-25)21(27)15-3-5-16(22)6-4-15/h3-6,11-12,14H,7-10H2,1-2H3,(H,23,26)/t14-/m0/s1. The van der Waals surface area contributed by atoms with E-state index in [1.165, 1.54) is 34.6 Å². The van der Waals surface area contributed by atoms with Crippen molar-refractivity contribution in [3.05, 3.63) is 53.3 Å². The topological polar surface area (TPSA) is 96.0 Å². The van der Waals surface area contributed by atoms with Gasteiger partial charge in [-0.15, -0.1) is 0 Å². The molecule has 2 aliphatic rings. The van der Waals surface area contributed by atoms with Gasteiger partial charge in [0.1, 0.15) is 11.6 Å². The van der Waals surface area contributed by atoms with Crippen LogP contribution in [0.1, 0.15) is 22.8 Å². The predicted molar refractivity (Wildman–Crippen MR) is 111 cm³/mol. The maximum atomic E-state index is 13.3. The second-order valence-electron chi connectivity index (χ2n) is 7.57. The molecule has 0 bridgehead atoms. The molecule has 0 spiro atoms. The minimum absolute atomic E-state index is 0.105. The van der Waals surface area contributed by atoms with Gasteiger partial charge in [0.25, 0.3) is 11.8 Å². The smallest absolute Gasteiger partial charge is 0.265 e. The lowest BCUT2D eigenvalue weighted by atomic mass is 10.1. The van der Waals surface area contributed by atoms with Crippen molar-refractivity contribution in [1.29, 1.82) is 0 Å². The van der Waals surface area contributed by atoms with Gasteiger partial charge in [-0.1, -0.05) is 0 Å². The molecule has 1 saturated heterocycles. The highest BCUT2D eigenvalue weighted by atomic mass is 32.2. The monoisotopic (exact) mass is 447 g/mol. The number of hydrogen-bond donors (Lipinski definition) is 1. The van der Waals surface area contributed by atoms with Gasteiger partial charge in [0.05, 0.1) is 10.6 Å². The zero-order chi connectivity index (χ0) is 22.3. The molecule has 2 aromatic rings. The normalized spacial score (nSPS) is 19.4. The van der Waals surface area contributed by atoms with E-state index in [1.54, 1.807) is 24.8 Å². The summed E-state index contributed by atoms with van der Waals surface area (Å²) in [5.74, 6) is -0.670. The van der Waals surface area contributed by atoms with Crippen LogP contribution in [0.3, 0.4) is 0 Å². The lowest BCUT2D eigenvalue weighted by Crippen LogP contribution is -2.50. The van der Waals surface area contributed by atoms with E-state index in [4.69, 9.17) is 4.74 Å². The van der Waals surface area contributed by atoms with Gasteiger partial charge in [0.2, 0.25) is 10.0 Å². The summed E-state index contributed by atoms with van der Waals surface area (Å²) in [5, 5.41) is 2.71. The second-order valence-corrected chi connectivity index (χ2v) is 9.47. The molecule has 1 atom stereocenters. The molecule has 8 nitrogen and oxygen atoms in total. The first-order chi connectivity index (χ1) is 14.7. The van der Waals surface area contributed by atoms with Crippen LogP contribution < -0.4 is 10.1 Å². The number of halogens is 1. The van der Waals surface area contributed by atoms with Gasteiger partial charge in [-0.2, -0.15) is 4.31 Å². The molecule has 2 amide bonds. The van der Waals surface area contributed by atoms with Crippen LogP contribution in [0.4, 0.5) is 10.1 Å². The van der Waals surface area contributed by atoms with Gasteiger partial charge >= 0.3 is 0 Å². The Hall–Kier alpha value is -2.98. The third kappa shape index (κ3) is 4.00. The Morgan fingerprint density at radius 1 is 1.13 bits per heavy atom. The van der Waals surface area contributed by atoms with Gasteiger partial charge in [-0.05, 0) is 49.7 Å². The number of aryl methyl sites for hydroxylation is 1. The van der Waals surface area contributed by atoms with Crippen molar-refractivity contribution in [2.24, 2.45) is 0 Å². The zero-order valence-corrected chi connectivity index (χ0v) is 17.9. The van der Waals surface area contributed by atoms with Gasteiger partial charge in [0.15, 0.2) is 6.10 Å². The van der Waals surface area contributed by atoms with Crippen LogP contribution >= 0.6 is 0 Å². The Morgan fingerprint density at radius 2 is 1.77 bits per heavy atom. The molecule has 0 radical (unpaired) electrons. The molecule has 0 aliphatic carbocycles. The number of carbonyl (C=O) groups excluding carboxylic acids is 2. The first-order valence-corrected chi connectivity index (χ1v) is 11.3. The number of benzene rings is 2. The molecule has 31 heavy (non-hydrogen) atoms. The molecule has 2 aromatic carbocycles. The zero-order valence-electron chi connectivity index (χ0n) is 17.1. The van der Waals surface area contributed by atoms with Crippen LogP contribution in [0.15, 0.2) is 41.3 Å². The van der Waals surface area contributed by atoms with Crippen molar-refractivity contribution < 1.29 is 27.1 Å². The highest BCUT2D eigenvalue weighted by Crippen LogP contribution is 2.35. The Kier molecular flexibility index (Phi) is 5.44. The number of carbonyl (C=O) groups is 2. The summed E-state index contributed by atoms with van der Waals surface area (Å²) in [6, 6.07) is 8.29. The number of hydrogen-bond acceptors (Lipinski definition) is 5. The summed E-state index contributed by atoms with van der Waals surface area (Å²) in [6.07, 6.45) is -0.716. The molecule has 10 heteroatoms. The number of fused-ring (bicyclic) bond motifs is 1. The molecule has 4 rings (SSSR count). The van der Waals surface area contributed by atoms with E-state index in [1.807, 2.05) is 0 Å². The molecular weight excluding hydrogens is 425 g/mol. The summed E-state index contributed by atoms with van der Waals surface area (Å²) in [4.78, 5) is 26.0. The van der Waals surface area contributed by atoms with Crippen molar-refractivity contribution in [3.8, 4) is 5.75 Å². The average molecular weight is 447 g/mol. The number of anilines is 1. The van der Waals surface area contributed by atoms with E-state index in [2.05, 4.69) is 5.32 Å². The molecule has 2 aliphatic heterocycles. The number of nitrogens with one attached hydrogen (secondary N) is 1. The Bertz CT molecular complexity index is 1140. The van der Waals surface area contributed by atoms with E-state index in [0.29, 0.717) is 22.6 Å². The van der Waals surface area contributed by atoms with E-state index in [9.17, 15) is 22.4 Å². The van der Waals surface area contributed by atoms with Crippen LogP contribution in [-0.2, 0) is 14.8 Å². The molecule has 1 fully saturated rings. The molecule has 1 N–H and O–H groups in total. The Labute approximate surface area is 179 Å². The van der Waals surface area contributed by atoms with Gasteiger partial charge in [-0.3, -0.25) is 9.59 Å². The lowest BCUT2D eigenvalue weighted by molar-refractivity contribution is -0.122. The van der Waals surface area contributed by atoms with Crippen LogP contribution in [0.25, 0.3) is 0 Å². The maximum Gasteiger partial charge on any atom is 0.265 e. The highest BCUT2D eigenvalue weighted by Gasteiger charge is 2.33. The fourth-order valence-corrected chi connectivity index (χ4v) is 5.31. The van der Waals surface area contributed by atoms with Gasteiger partial charge in [-0.25, -0.2) is 12.8 Å². The average Bonchev–Trinajstić information content (AvgIpc) is 2.74. The Morgan fingerprint density at radius 3 is 2.42 bits per heavy atom. The van der Waals surface area contributed by atoms with E-state index in [-0.39, 0.29) is 42.9 Å². The lowest BCUT2D eigenvalue weighted by Gasteiger charge is -2.34. The largest absolute Gasteiger partial charge is 0.479 e. The van der Waals surface area contributed by atoms with Crippen LogP contribution in [0, 0.1) is 12.7 Å². The van der Waals surface area contributed by atoms with Gasteiger partial charge < -0.3 is 15.0 Å². The van der Waals surface area contributed by atoms with Crippen LogP contribution in [0.2, 0.25) is 0 Å². The highest BCUT2D eigenvalue weighted by molar-refractivity contribution is 7.89. The predicted octanol–water partition coefficient (Wildman–Crippen LogP) is 2.00. The number of amides is 2. The van der Waals surface area contributed by atoms with Crippen molar-refractivity contribution in [2.75, 3.05) is 31.5 Å². The number of nitrogens with zero attached hydrogens (tertiary/aromatic N) is 2. The number of ether oxygens (including phenoxy) is 1. The van der Waals surface area contributed by atoms with E-state index in [0.717, 1.165) is 0 Å². The summed E-state index contributed by atoms with van der Waals surface area (Å²) in [7, 11) is -3.82. The van der Waals surface area contributed by atoms with Gasteiger partial charge in [0, 0.05) is 37.8 Å². The summed E-state index contributed by atoms with van der Waals surface area (Å²) in [5.41, 5.74) is 1.29. The first kappa shape index (κ1) is 21.3. The minimum Gasteiger partial charge on any atom is -0.479 e. The molecule has 0 saturated carbocycles. The summed E-state index contributed by atoms with van der Waals surface area (Å²) >= 11 is 0. The fraction of sp³-hybridized carbons (Fsp3) is 0.333. The molecule has 0 aromatic heterocycles. The van der Waals surface area contributed by atoms with Crippen molar-refractivity contribution in [3.63, 3.8) is 0 Å². The van der Waals surface area contributed by atoms with Crippen LogP contribution in [0.5, 0.6) is 5.75 Å². The van der Waals surface area contributed by atoms with Crippen molar-refractivity contribution in [1.82, 2.24) is 9.21 Å². The molecule has 2 heterocycles. The minimum atomic E-state index is -3.82. The number of rotatable bonds is 3. The molecule has 0 unspecified atom stereocenters. The van der Waals surface area contributed by atoms with E-state index < -0.39 is 21.9 Å². The SMILES string of the molecule is Cc1cc2c(cc1S(=O)(=O)N1CCN(C(=O)c3ccc(F)cc3)CC1)O[C@@H](C)C(=O)N2.